The highest BCUT2D eigenvalue weighted by molar-refractivity contribution is 5.38. The van der Waals surface area contributed by atoms with Gasteiger partial charge in [-0.2, -0.15) is 5.26 Å². The van der Waals surface area contributed by atoms with E-state index in [-0.39, 0.29) is 10.8 Å². The smallest absolute Gasteiger partial charge is 0.119 e. The topological polar surface area (TPSA) is 68.3 Å². The Morgan fingerprint density at radius 2 is 1.28 bits per heavy atom. The molecule has 0 heterocycles. The standard InChI is InChI=1S/C14H21NO.C14H17NO/c2*1-16-13-7-5-6-12(10-13)14(11-15)8-3-2-4-9-14/h5-7,10H,2-4,8-9,11,15H2,1H3;5-7,10H,2-4,8-9H2,1H3. The van der Waals surface area contributed by atoms with Crippen molar-refractivity contribution in [1.82, 2.24) is 0 Å². The van der Waals surface area contributed by atoms with Crippen LogP contribution in [0.5, 0.6) is 11.5 Å². The fourth-order valence-electron chi connectivity index (χ4n) is 5.33. The first-order chi connectivity index (χ1) is 15.6. The predicted molar refractivity (Wildman–Crippen MR) is 130 cm³/mol. The zero-order valence-corrected chi connectivity index (χ0v) is 19.7. The zero-order chi connectivity index (χ0) is 22.9. The summed E-state index contributed by atoms with van der Waals surface area (Å²) >= 11 is 0. The van der Waals surface area contributed by atoms with Gasteiger partial charge in [-0.3, -0.25) is 0 Å². The van der Waals surface area contributed by atoms with Gasteiger partial charge in [0, 0.05) is 12.0 Å². The molecule has 0 bridgehead atoms. The van der Waals surface area contributed by atoms with Crippen LogP contribution in [0.4, 0.5) is 0 Å². The van der Waals surface area contributed by atoms with Gasteiger partial charge in [0.15, 0.2) is 0 Å². The number of ether oxygens (including phenoxy) is 2. The van der Waals surface area contributed by atoms with Crippen LogP contribution in [0.15, 0.2) is 48.5 Å². The Bertz CT molecular complexity index is 890. The van der Waals surface area contributed by atoms with Crippen LogP contribution >= 0.6 is 0 Å². The van der Waals surface area contributed by atoms with Crippen LogP contribution in [0.1, 0.15) is 75.3 Å². The van der Waals surface area contributed by atoms with Gasteiger partial charge in [-0.25, -0.2) is 0 Å². The fourth-order valence-corrected chi connectivity index (χ4v) is 5.33. The molecule has 2 aliphatic carbocycles. The third-order valence-electron chi connectivity index (χ3n) is 7.43. The molecule has 2 aromatic carbocycles. The van der Waals surface area contributed by atoms with E-state index in [0.717, 1.165) is 49.3 Å². The molecular formula is C28H38N2O2. The van der Waals surface area contributed by atoms with Crippen LogP contribution < -0.4 is 15.2 Å². The Morgan fingerprint density at radius 1 is 0.781 bits per heavy atom. The fraction of sp³-hybridized carbons (Fsp3) is 0.536. The Balaban J connectivity index is 0.000000181. The molecular weight excluding hydrogens is 396 g/mol. The lowest BCUT2D eigenvalue weighted by Gasteiger charge is -2.37. The second-order valence-electron chi connectivity index (χ2n) is 9.26. The minimum atomic E-state index is -0.271. The van der Waals surface area contributed by atoms with E-state index in [1.165, 1.54) is 44.1 Å². The molecule has 0 atom stereocenters. The number of hydrogen-bond acceptors (Lipinski definition) is 4. The van der Waals surface area contributed by atoms with E-state index in [4.69, 9.17) is 15.2 Å². The van der Waals surface area contributed by atoms with Gasteiger partial charge in [0.05, 0.1) is 25.7 Å². The van der Waals surface area contributed by atoms with Crippen molar-refractivity contribution in [2.24, 2.45) is 5.73 Å². The van der Waals surface area contributed by atoms with Gasteiger partial charge < -0.3 is 15.2 Å². The summed E-state index contributed by atoms with van der Waals surface area (Å²) in [5.41, 5.74) is 8.43. The number of rotatable bonds is 5. The zero-order valence-electron chi connectivity index (χ0n) is 19.7. The lowest BCUT2D eigenvalue weighted by molar-refractivity contribution is 0.299. The van der Waals surface area contributed by atoms with Crippen LogP contribution in [-0.2, 0) is 10.8 Å². The number of nitriles is 1. The SMILES string of the molecule is COc1cccc(C2(C#N)CCCCC2)c1.COc1cccc(C2(CN)CCCCC2)c1. The van der Waals surface area contributed by atoms with Crippen molar-refractivity contribution in [3.05, 3.63) is 59.7 Å². The molecule has 2 saturated carbocycles. The molecule has 0 saturated heterocycles. The van der Waals surface area contributed by atoms with Crippen LogP contribution in [0.2, 0.25) is 0 Å². The molecule has 32 heavy (non-hydrogen) atoms. The maximum atomic E-state index is 9.47. The van der Waals surface area contributed by atoms with Gasteiger partial charge in [0.1, 0.15) is 11.5 Å². The van der Waals surface area contributed by atoms with E-state index in [2.05, 4.69) is 30.3 Å². The summed E-state index contributed by atoms with van der Waals surface area (Å²) in [5, 5.41) is 9.47. The second kappa shape index (κ2) is 11.4. The van der Waals surface area contributed by atoms with E-state index in [1.807, 2.05) is 24.3 Å². The normalized spacial score (nSPS) is 19.1. The van der Waals surface area contributed by atoms with Crippen molar-refractivity contribution in [2.75, 3.05) is 20.8 Å². The third kappa shape index (κ3) is 5.45. The largest absolute Gasteiger partial charge is 0.497 e. The molecule has 2 aromatic rings. The first-order valence-electron chi connectivity index (χ1n) is 12.0. The van der Waals surface area contributed by atoms with Crippen molar-refractivity contribution in [1.29, 1.82) is 5.26 Å². The molecule has 0 aromatic heterocycles. The second-order valence-corrected chi connectivity index (χ2v) is 9.26. The predicted octanol–water partition coefficient (Wildman–Crippen LogP) is 6.28. The molecule has 4 nitrogen and oxygen atoms in total. The lowest BCUT2D eigenvalue weighted by Crippen LogP contribution is -2.37. The molecule has 0 spiro atoms. The third-order valence-corrected chi connectivity index (χ3v) is 7.43. The summed E-state index contributed by atoms with van der Waals surface area (Å²) in [5.74, 6) is 1.79. The van der Waals surface area contributed by atoms with Crippen LogP contribution in [0.3, 0.4) is 0 Å². The minimum Gasteiger partial charge on any atom is -0.497 e. The summed E-state index contributed by atoms with van der Waals surface area (Å²) < 4.78 is 10.5. The first-order valence-corrected chi connectivity index (χ1v) is 12.0. The molecule has 4 heteroatoms. The monoisotopic (exact) mass is 434 g/mol. The van der Waals surface area contributed by atoms with E-state index < -0.39 is 0 Å². The molecule has 2 N–H and O–H groups in total. The Kier molecular flexibility index (Phi) is 8.59. The van der Waals surface area contributed by atoms with Gasteiger partial charge >= 0.3 is 0 Å². The van der Waals surface area contributed by atoms with Crippen LogP contribution in [-0.4, -0.2) is 20.8 Å². The van der Waals surface area contributed by atoms with Crippen molar-refractivity contribution in [2.45, 2.75) is 75.0 Å². The van der Waals surface area contributed by atoms with Gasteiger partial charge in [-0.05, 0) is 61.1 Å². The highest BCUT2D eigenvalue weighted by Crippen LogP contribution is 2.40. The molecule has 0 aliphatic heterocycles. The number of nitrogens with zero attached hydrogens (tertiary/aromatic N) is 1. The van der Waals surface area contributed by atoms with E-state index in [9.17, 15) is 5.26 Å². The summed E-state index contributed by atoms with van der Waals surface area (Å²) in [6, 6.07) is 18.9. The first kappa shape index (κ1) is 24.1. The Labute approximate surface area is 193 Å². The number of hydrogen-bond donors (Lipinski definition) is 1. The molecule has 4 rings (SSSR count). The van der Waals surface area contributed by atoms with Crippen molar-refractivity contribution in [3.63, 3.8) is 0 Å². The lowest BCUT2D eigenvalue weighted by atomic mass is 9.69. The number of methoxy groups -OCH3 is 2. The average Bonchev–Trinajstić information content (AvgIpc) is 2.90. The molecule has 2 fully saturated rings. The molecule has 0 radical (unpaired) electrons. The van der Waals surface area contributed by atoms with Crippen LogP contribution in [0.25, 0.3) is 0 Å². The van der Waals surface area contributed by atoms with Gasteiger partial charge in [-0.15, -0.1) is 0 Å². The maximum absolute atomic E-state index is 9.47. The van der Waals surface area contributed by atoms with Gasteiger partial charge in [-0.1, -0.05) is 62.8 Å². The van der Waals surface area contributed by atoms with E-state index >= 15 is 0 Å². The van der Waals surface area contributed by atoms with E-state index in [1.54, 1.807) is 14.2 Å². The summed E-state index contributed by atoms with van der Waals surface area (Å²) in [4.78, 5) is 0. The van der Waals surface area contributed by atoms with Crippen molar-refractivity contribution < 1.29 is 9.47 Å². The number of benzene rings is 2. The molecule has 0 unspecified atom stereocenters. The number of nitrogens with two attached hydrogens (primary N) is 1. The van der Waals surface area contributed by atoms with Gasteiger partial charge in [0.25, 0.3) is 0 Å². The molecule has 2 aliphatic rings. The quantitative estimate of drug-likeness (QED) is 0.601. The summed E-state index contributed by atoms with van der Waals surface area (Å²) in [6.45, 7) is 0.750. The Morgan fingerprint density at radius 3 is 1.78 bits per heavy atom. The van der Waals surface area contributed by atoms with Crippen molar-refractivity contribution >= 4 is 0 Å². The average molecular weight is 435 g/mol. The maximum Gasteiger partial charge on any atom is 0.119 e. The Hall–Kier alpha value is -2.51. The van der Waals surface area contributed by atoms with E-state index in [0.29, 0.717) is 0 Å². The van der Waals surface area contributed by atoms with Crippen LogP contribution in [0, 0.1) is 11.3 Å². The highest BCUT2D eigenvalue weighted by Gasteiger charge is 2.34. The molecule has 0 amide bonds. The summed E-state index contributed by atoms with van der Waals surface area (Å²) in [7, 11) is 3.38. The molecule has 172 valence electrons. The minimum absolute atomic E-state index is 0.201. The van der Waals surface area contributed by atoms with Gasteiger partial charge in [0.2, 0.25) is 0 Å². The van der Waals surface area contributed by atoms with Crippen molar-refractivity contribution in [3.8, 4) is 17.6 Å². The highest BCUT2D eigenvalue weighted by atomic mass is 16.5. The summed E-state index contributed by atoms with van der Waals surface area (Å²) in [6.07, 6.45) is 11.9.